The lowest BCUT2D eigenvalue weighted by molar-refractivity contribution is -0.115. The van der Waals surface area contributed by atoms with E-state index in [0.717, 1.165) is 29.1 Å². The van der Waals surface area contributed by atoms with Crippen molar-refractivity contribution >= 4 is 22.9 Å². The van der Waals surface area contributed by atoms with Crippen molar-refractivity contribution in [1.29, 1.82) is 0 Å². The standard InChI is InChI=1S/C19H15F3N2OS/c1-2-11-3-5-12(6-4-11)19-23-13(10-26-19)9-16(25)24-15-8-7-14(20)17(21)18(15)22/h3-8,10H,2,9H2,1H3,(H,24,25). The molecule has 1 heterocycles. The smallest absolute Gasteiger partial charge is 0.230 e. The highest BCUT2D eigenvalue weighted by atomic mass is 32.1. The van der Waals surface area contributed by atoms with E-state index in [1.54, 1.807) is 5.38 Å². The van der Waals surface area contributed by atoms with Gasteiger partial charge in [0.1, 0.15) is 5.01 Å². The molecule has 134 valence electrons. The number of hydrogen-bond acceptors (Lipinski definition) is 3. The molecule has 0 bridgehead atoms. The Morgan fingerprint density at radius 2 is 1.81 bits per heavy atom. The molecule has 1 N–H and O–H groups in total. The third-order valence-corrected chi connectivity index (χ3v) is 4.75. The third-order valence-electron chi connectivity index (χ3n) is 3.81. The molecule has 0 radical (unpaired) electrons. The van der Waals surface area contributed by atoms with Crippen molar-refractivity contribution in [1.82, 2.24) is 4.98 Å². The van der Waals surface area contributed by atoms with E-state index in [2.05, 4.69) is 17.2 Å². The van der Waals surface area contributed by atoms with Gasteiger partial charge in [0, 0.05) is 10.9 Å². The van der Waals surface area contributed by atoms with Gasteiger partial charge < -0.3 is 5.32 Å². The van der Waals surface area contributed by atoms with Gasteiger partial charge >= 0.3 is 0 Å². The molecule has 0 aliphatic heterocycles. The largest absolute Gasteiger partial charge is 0.323 e. The van der Waals surface area contributed by atoms with E-state index in [9.17, 15) is 18.0 Å². The first-order valence-corrected chi connectivity index (χ1v) is 8.83. The maximum Gasteiger partial charge on any atom is 0.230 e. The van der Waals surface area contributed by atoms with Crippen LogP contribution in [0.25, 0.3) is 10.6 Å². The Labute approximate surface area is 152 Å². The van der Waals surface area contributed by atoms with Crippen LogP contribution in [0.4, 0.5) is 18.9 Å². The summed E-state index contributed by atoms with van der Waals surface area (Å²) in [6.07, 6.45) is 0.853. The van der Waals surface area contributed by atoms with Crippen molar-refractivity contribution in [3.8, 4) is 10.6 Å². The second-order valence-corrected chi connectivity index (χ2v) is 6.50. The van der Waals surface area contributed by atoms with Crippen LogP contribution in [0, 0.1) is 17.5 Å². The van der Waals surface area contributed by atoms with E-state index < -0.39 is 29.0 Å². The molecule has 0 aliphatic carbocycles. The van der Waals surface area contributed by atoms with Crippen LogP contribution in [0.2, 0.25) is 0 Å². The van der Waals surface area contributed by atoms with Crippen molar-refractivity contribution in [2.75, 3.05) is 5.32 Å². The first kappa shape index (κ1) is 18.1. The summed E-state index contributed by atoms with van der Waals surface area (Å²) in [4.78, 5) is 16.4. The maximum absolute atomic E-state index is 13.6. The van der Waals surface area contributed by atoms with Gasteiger partial charge in [0.15, 0.2) is 17.5 Å². The van der Waals surface area contributed by atoms with Gasteiger partial charge in [0.2, 0.25) is 5.91 Å². The summed E-state index contributed by atoms with van der Waals surface area (Å²) >= 11 is 1.40. The van der Waals surface area contributed by atoms with Gasteiger partial charge in [-0.2, -0.15) is 0 Å². The van der Waals surface area contributed by atoms with E-state index in [0.29, 0.717) is 5.69 Å². The molecule has 3 nitrogen and oxygen atoms in total. The number of benzene rings is 2. The van der Waals surface area contributed by atoms with Crippen LogP contribution in [0.3, 0.4) is 0 Å². The molecule has 1 amide bonds. The topological polar surface area (TPSA) is 42.0 Å². The molecule has 7 heteroatoms. The number of hydrogen-bond donors (Lipinski definition) is 1. The van der Waals surface area contributed by atoms with Gasteiger partial charge in [-0.3, -0.25) is 4.79 Å². The number of amides is 1. The van der Waals surface area contributed by atoms with Gasteiger partial charge in [-0.1, -0.05) is 31.2 Å². The number of carbonyl (C=O) groups excluding carboxylic acids is 1. The van der Waals surface area contributed by atoms with Crippen LogP contribution in [0.1, 0.15) is 18.2 Å². The van der Waals surface area contributed by atoms with Crippen LogP contribution >= 0.6 is 11.3 Å². The maximum atomic E-state index is 13.6. The zero-order valence-corrected chi connectivity index (χ0v) is 14.7. The summed E-state index contributed by atoms with van der Waals surface area (Å²) in [5.41, 5.74) is 2.29. The van der Waals surface area contributed by atoms with Crippen LogP contribution in [-0.2, 0) is 17.6 Å². The SMILES string of the molecule is CCc1ccc(-c2nc(CC(=O)Nc3ccc(F)c(F)c3F)cs2)cc1. The molecule has 0 unspecified atom stereocenters. The number of anilines is 1. The zero-order chi connectivity index (χ0) is 18.7. The number of thiazole rings is 1. The highest BCUT2D eigenvalue weighted by Crippen LogP contribution is 2.25. The Bertz CT molecular complexity index is 938. The number of halogens is 3. The van der Waals surface area contributed by atoms with E-state index >= 15 is 0 Å². The zero-order valence-electron chi connectivity index (χ0n) is 13.9. The Kier molecular flexibility index (Phi) is 5.37. The molecule has 0 saturated carbocycles. The fourth-order valence-electron chi connectivity index (χ4n) is 2.39. The average molecular weight is 376 g/mol. The van der Waals surface area contributed by atoms with Gasteiger partial charge in [-0.25, -0.2) is 18.2 Å². The van der Waals surface area contributed by atoms with Gasteiger partial charge in [0.25, 0.3) is 0 Å². The quantitative estimate of drug-likeness (QED) is 0.639. The molecule has 3 aromatic rings. The molecule has 3 rings (SSSR count). The lowest BCUT2D eigenvalue weighted by atomic mass is 10.1. The number of rotatable bonds is 5. The Balaban J connectivity index is 1.69. The van der Waals surface area contributed by atoms with Crippen molar-refractivity contribution in [2.24, 2.45) is 0 Å². The highest BCUT2D eigenvalue weighted by Gasteiger charge is 2.16. The number of carbonyl (C=O) groups is 1. The van der Waals surface area contributed by atoms with Crippen LogP contribution in [0.5, 0.6) is 0 Å². The predicted molar refractivity (Wildman–Crippen MR) is 95.6 cm³/mol. The fourth-order valence-corrected chi connectivity index (χ4v) is 3.21. The molecular formula is C19H15F3N2OS. The minimum atomic E-state index is -1.62. The molecular weight excluding hydrogens is 361 g/mol. The van der Waals surface area contributed by atoms with Gasteiger partial charge in [0.05, 0.1) is 17.8 Å². The summed E-state index contributed by atoms with van der Waals surface area (Å²) in [6, 6.07) is 9.72. The van der Waals surface area contributed by atoms with E-state index in [1.165, 1.54) is 16.9 Å². The summed E-state index contributed by atoms with van der Waals surface area (Å²) in [5, 5.41) is 4.75. The molecule has 0 aliphatic rings. The Morgan fingerprint density at radius 3 is 2.50 bits per heavy atom. The summed E-state index contributed by atoms with van der Waals surface area (Å²) in [6.45, 7) is 2.07. The summed E-state index contributed by atoms with van der Waals surface area (Å²) in [5.74, 6) is -4.91. The molecule has 0 spiro atoms. The Hall–Kier alpha value is -2.67. The number of aromatic nitrogens is 1. The minimum absolute atomic E-state index is 0.0953. The second-order valence-electron chi connectivity index (χ2n) is 5.64. The van der Waals surface area contributed by atoms with Crippen LogP contribution in [-0.4, -0.2) is 10.9 Å². The average Bonchev–Trinajstić information content (AvgIpc) is 3.10. The van der Waals surface area contributed by atoms with Crippen LogP contribution in [0.15, 0.2) is 41.8 Å². The normalized spacial score (nSPS) is 10.8. The number of nitrogens with zero attached hydrogens (tertiary/aromatic N) is 1. The van der Waals surface area contributed by atoms with E-state index in [4.69, 9.17) is 0 Å². The molecule has 26 heavy (non-hydrogen) atoms. The van der Waals surface area contributed by atoms with Gasteiger partial charge in [-0.15, -0.1) is 11.3 Å². The number of nitrogens with one attached hydrogen (secondary N) is 1. The van der Waals surface area contributed by atoms with E-state index in [-0.39, 0.29) is 6.42 Å². The van der Waals surface area contributed by atoms with Crippen molar-refractivity contribution in [3.05, 3.63) is 70.5 Å². The minimum Gasteiger partial charge on any atom is -0.323 e. The first-order valence-electron chi connectivity index (χ1n) is 7.95. The molecule has 0 fully saturated rings. The summed E-state index contributed by atoms with van der Waals surface area (Å²) < 4.78 is 39.7. The number of aryl methyl sites for hydroxylation is 1. The Morgan fingerprint density at radius 1 is 1.08 bits per heavy atom. The van der Waals surface area contributed by atoms with Crippen LogP contribution < -0.4 is 5.32 Å². The van der Waals surface area contributed by atoms with Crippen molar-refractivity contribution < 1.29 is 18.0 Å². The molecule has 1 aromatic heterocycles. The third kappa shape index (κ3) is 3.94. The monoisotopic (exact) mass is 376 g/mol. The van der Waals surface area contributed by atoms with Crippen molar-refractivity contribution in [3.63, 3.8) is 0 Å². The van der Waals surface area contributed by atoms with Crippen molar-refractivity contribution in [2.45, 2.75) is 19.8 Å². The molecule has 0 saturated heterocycles. The lowest BCUT2D eigenvalue weighted by Gasteiger charge is -2.06. The predicted octanol–water partition coefficient (Wildman–Crippen LogP) is 4.97. The molecule has 2 aromatic carbocycles. The molecule has 0 atom stereocenters. The van der Waals surface area contributed by atoms with E-state index in [1.807, 2.05) is 24.3 Å². The summed E-state index contributed by atoms with van der Waals surface area (Å²) in [7, 11) is 0. The fraction of sp³-hybridized carbons (Fsp3) is 0.158. The lowest BCUT2D eigenvalue weighted by Crippen LogP contribution is -2.16. The highest BCUT2D eigenvalue weighted by molar-refractivity contribution is 7.13. The second kappa shape index (κ2) is 7.70. The first-order chi connectivity index (χ1) is 12.5. The van der Waals surface area contributed by atoms with Gasteiger partial charge in [-0.05, 0) is 24.1 Å².